The minimum Gasteiger partial charge on any atom is -0.496 e. The number of benzene rings is 1. The van der Waals surface area contributed by atoms with Crippen LogP contribution in [0.15, 0.2) is 52.0 Å². The Hall–Kier alpha value is -3.59. The molecule has 0 saturated carbocycles. The number of ether oxygens (including phenoxy) is 2. The molecule has 2 amide bonds. The van der Waals surface area contributed by atoms with Crippen molar-refractivity contribution in [1.82, 2.24) is 14.4 Å². The average molecular weight is 496 g/mol. The summed E-state index contributed by atoms with van der Waals surface area (Å²) in [6.07, 6.45) is 0.357. The van der Waals surface area contributed by atoms with Gasteiger partial charge in [0.2, 0.25) is 0 Å². The highest BCUT2D eigenvalue weighted by Gasteiger charge is 2.28. The number of amides is 2. The van der Waals surface area contributed by atoms with Crippen LogP contribution in [-0.2, 0) is 24.3 Å². The van der Waals surface area contributed by atoms with Gasteiger partial charge in [0.25, 0.3) is 17.4 Å². The number of thiophene rings is 1. The van der Waals surface area contributed by atoms with Crippen molar-refractivity contribution in [3.05, 3.63) is 79.9 Å². The van der Waals surface area contributed by atoms with E-state index in [9.17, 15) is 14.4 Å². The van der Waals surface area contributed by atoms with Crippen molar-refractivity contribution in [3.8, 4) is 11.5 Å². The quantitative estimate of drug-likeness (QED) is 0.504. The number of aryl methyl sites for hydroxylation is 1. The number of carbonyl (C=O) groups is 2. The maximum absolute atomic E-state index is 13.5. The summed E-state index contributed by atoms with van der Waals surface area (Å²) in [6.45, 7) is 3.37. The summed E-state index contributed by atoms with van der Waals surface area (Å²) in [5.74, 6) is 0.496. The molecular weight excluding hydrogens is 466 g/mol. The van der Waals surface area contributed by atoms with Gasteiger partial charge in [0.1, 0.15) is 17.1 Å². The standard InChI is InChI=1S/C26H29N3O5S/c1-18-4-6-20(7-5-18)34-16-24(31)28-10-8-21-25(22(33-3)14-23(30)29(21)12-11-28)26(32)27(2)15-19-9-13-35-17-19/h4-7,9,13-14,17H,8,10-12,15-16H2,1-3H3. The molecule has 2 aromatic heterocycles. The first-order valence-electron chi connectivity index (χ1n) is 11.4. The Kier molecular flexibility index (Phi) is 7.55. The molecule has 4 rings (SSSR count). The molecule has 0 aliphatic carbocycles. The van der Waals surface area contributed by atoms with E-state index in [1.54, 1.807) is 32.8 Å². The van der Waals surface area contributed by atoms with E-state index in [4.69, 9.17) is 9.47 Å². The van der Waals surface area contributed by atoms with Crippen LogP contribution in [0.2, 0.25) is 0 Å². The number of hydrogen-bond acceptors (Lipinski definition) is 6. The van der Waals surface area contributed by atoms with Crippen LogP contribution >= 0.6 is 11.3 Å². The number of fused-ring (bicyclic) bond motifs is 1. The predicted octanol–water partition coefficient (Wildman–Crippen LogP) is 2.96. The summed E-state index contributed by atoms with van der Waals surface area (Å²) in [4.78, 5) is 42.5. The highest BCUT2D eigenvalue weighted by atomic mass is 32.1. The number of nitrogens with zero attached hydrogens (tertiary/aromatic N) is 3. The maximum atomic E-state index is 13.5. The summed E-state index contributed by atoms with van der Waals surface area (Å²) in [7, 11) is 3.19. The smallest absolute Gasteiger partial charge is 0.260 e. The lowest BCUT2D eigenvalue weighted by atomic mass is 10.1. The predicted molar refractivity (Wildman–Crippen MR) is 134 cm³/mol. The first-order valence-corrected chi connectivity index (χ1v) is 12.4. The van der Waals surface area contributed by atoms with E-state index < -0.39 is 0 Å². The largest absolute Gasteiger partial charge is 0.496 e. The summed E-state index contributed by atoms with van der Waals surface area (Å²) in [6, 6.07) is 10.8. The van der Waals surface area contributed by atoms with Crippen molar-refractivity contribution >= 4 is 23.2 Å². The monoisotopic (exact) mass is 495 g/mol. The Balaban J connectivity index is 1.52. The molecular formula is C26H29N3O5S. The molecule has 3 heterocycles. The summed E-state index contributed by atoms with van der Waals surface area (Å²) in [5, 5.41) is 3.97. The third-order valence-electron chi connectivity index (χ3n) is 6.11. The van der Waals surface area contributed by atoms with Crippen molar-refractivity contribution in [1.29, 1.82) is 0 Å². The van der Waals surface area contributed by atoms with Crippen LogP contribution in [0.5, 0.6) is 11.5 Å². The topological polar surface area (TPSA) is 81.1 Å². The number of hydrogen-bond donors (Lipinski definition) is 0. The van der Waals surface area contributed by atoms with Crippen LogP contribution in [0.3, 0.4) is 0 Å². The van der Waals surface area contributed by atoms with E-state index in [0.29, 0.717) is 49.6 Å². The van der Waals surface area contributed by atoms with E-state index in [0.717, 1.165) is 11.1 Å². The molecule has 8 nitrogen and oxygen atoms in total. The molecule has 1 aliphatic heterocycles. The maximum Gasteiger partial charge on any atom is 0.260 e. The first-order chi connectivity index (χ1) is 16.9. The zero-order chi connectivity index (χ0) is 24.9. The second-order valence-corrected chi connectivity index (χ2v) is 9.33. The van der Waals surface area contributed by atoms with Crippen LogP contribution in [0, 0.1) is 6.92 Å². The van der Waals surface area contributed by atoms with Crippen molar-refractivity contribution in [2.75, 3.05) is 33.9 Å². The molecule has 0 atom stereocenters. The molecule has 0 radical (unpaired) electrons. The van der Waals surface area contributed by atoms with Gasteiger partial charge in [-0.2, -0.15) is 11.3 Å². The molecule has 0 unspecified atom stereocenters. The van der Waals surface area contributed by atoms with Gasteiger partial charge in [0.15, 0.2) is 6.61 Å². The van der Waals surface area contributed by atoms with E-state index in [1.165, 1.54) is 13.2 Å². The number of pyridine rings is 1. The van der Waals surface area contributed by atoms with Crippen LogP contribution in [0.1, 0.15) is 27.2 Å². The normalized spacial score (nSPS) is 13.1. The van der Waals surface area contributed by atoms with Gasteiger partial charge in [0.05, 0.1) is 7.11 Å². The van der Waals surface area contributed by atoms with Crippen LogP contribution < -0.4 is 15.0 Å². The van der Waals surface area contributed by atoms with Gasteiger partial charge in [-0.1, -0.05) is 17.7 Å². The van der Waals surface area contributed by atoms with Crippen molar-refractivity contribution in [2.45, 2.75) is 26.4 Å². The number of rotatable bonds is 7. The molecule has 1 aliphatic rings. The van der Waals surface area contributed by atoms with Crippen LogP contribution in [-0.4, -0.2) is 60.0 Å². The second-order valence-electron chi connectivity index (χ2n) is 8.55. The minimum atomic E-state index is -0.251. The van der Waals surface area contributed by atoms with Gasteiger partial charge in [-0.25, -0.2) is 0 Å². The van der Waals surface area contributed by atoms with Gasteiger partial charge in [-0.3, -0.25) is 14.4 Å². The molecule has 0 spiro atoms. The summed E-state index contributed by atoms with van der Waals surface area (Å²) in [5.41, 5.74) is 2.86. The first kappa shape index (κ1) is 24.5. The van der Waals surface area contributed by atoms with Crippen molar-refractivity contribution < 1.29 is 19.1 Å². The highest BCUT2D eigenvalue weighted by molar-refractivity contribution is 7.07. The van der Waals surface area contributed by atoms with E-state index in [2.05, 4.69) is 0 Å². The summed E-state index contributed by atoms with van der Waals surface area (Å²) < 4.78 is 12.7. The lowest BCUT2D eigenvalue weighted by molar-refractivity contribution is -0.133. The van der Waals surface area contributed by atoms with Crippen LogP contribution in [0.25, 0.3) is 0 Å². The number of carbonyl (C=O) groups excluding carboxylic acids is 2. The van der Waals surface area contributed by atoms with Crippen molar-refractivity contribution in [2.24, 2.45) is 0 Å². The second kappa shape index (κ2) is 10.8. The molecule has 35 heavy (non-hydrogen) atoms. The molecule has 0 fully saturated rings. The van der Waals surface area contributed by atoms with Gasteiger partial charge >= 0.3 is 0 Å². The summed E-state index contributed by atoms with van der Waals surface area (Å²) >= 11 is 1.57. The third-order valence-corrected chi connectivity index (χ3v) is 6.84. The van der Waals surface area contributed by atoms with Gasteiger partial charge in [-0.15, -0.1) is 0 Å². The third kappa shape index (κ3) is 5.57. The zero-order valence-electron chi connectivity index (χ0n) is 20.2. The molecule has 0 bridgehead atoms. The van der Waals surface area contributed by atoms with Crippen LogP contribution in [0.4, 0.5) is 0 Å². The number of methoxy groups -OCH3 is 1. The van der Waals surface area contributed by atoms with E-state index >= 15 is 0 Å². The lowest BCUT2D eigenvalue weighted by Crippen LogP contribution is -2.37. The SMILES string of the molecule is COc1cc(=O)n2c(c1C(=O)N(C)Cc1ccsc1)CCN(C(=O)COc1ccc(C)cc1)CC2. The molecule has 0 saturated heterocycles. The van der Waals surface area contributed by atoms with E-state index in [-0.39, 0.29) is 29.7 Å². The fraction of sp³-hybridized carbons (Fsp3) is 0.346. The van der Waals surface area contributed by atoms with Crippen molar-refractivity contribution in [3.63, 3.8) is 0 Å². The zero-order valence-corrected chi connectivity index (χ0v) is 21.0. The fourth-order valence-corrected chi connectivity index (χ4v) is 4.84. The van der Waals surface area contributed by atoms with E-state index in [1.807, 2.05) is 48.0 Å². The Labute approximate surface area is 208 Å². The Bertz CT molecular complexity index is 1250. The Morgan fingerprint density at radius 1 is 1.11 bits per heavy atom. The Morgan fingerprint density at radius 2 is 1.89 bits per heavy atom. The van der Waals surface area contributed by atoms with Gasteiger partial charge in [-0.05, 0) is 41.4 Å². The molecule has 1 aromatic carbocycles. The minimum absolute atomic E-state index is 0.0905. The Morgan fingerprint density at radius 3 is 2.57 bits per heavy atom. The van der Waals surface area contributed by atoms with Gasteiger partial charge in [0, 0.05) is 51.4 Å². The number of aromatic nitrogens is 1. The fourth-order valence-electron chi connectivity index (χ4n) is 4.18. The molecule has 9 heteroatoms. The molecule has 3 aromatic rings. The molecule has 184 valence electrons. The average Bonchev–Trinajstić information content (AvgIpc) is 3.26. The van der Waals surface area contributed by atoms with Gasteiger partial charge < -0.3 is 23.8 Å². The molecule has 0 N–H and O–H groups in total. The highest BCUT2D eigenvalue weighted by Crippen LogP contribution is 2.25. The lowest BCUT2D eigenvalue weighted by Gasteiger charge is -2.22.